The van der Waals surface area contributed by atoms with Gasteiger partial charge in [-0.25, -0.2) is 0 Å². The third-order valence-corrected chi connectivity index (χ3v) is 5.09. The van der Waals surface area contributed by atoms with Crippen LogP contribution in [0, 0.1) is 12.3 Å². The van der Waals surface area contributed by atoms with Gasteiger partial charge in [-0.05, 0) is 26.0 Å². The molecule has 1 aromatic carbocycles. The molecule has 1 atom stereocenters. The zero-order chi connectivity index (χ0) is 17.7. The zero-order valence-corrected chi connectivity index (χ0v) is 16.7. The number of carbonyl (C=O) groups is 1. The minimum absolute atomic E-state index is 0.0274. The van der Waals surface area contributed by atoms with E-state index in [1.165, 1.54) is 0 Å². The van der Waals surface area contributed by atoms with E-state index in [2.05, 4.69) is 52.2 Å². The summed E-state index contributed by atoms with van der Waals surface area (Å²) in [5.41, 5.74) is 2.13. The third-order valence-electron chi connectivity index (χ3n) is 4.40. The van der Waals surface area contributed by atoms with Crippen LogP contribution in [0.5, 0.6) is 0 Å². The van der Waals surface area contributed by atoms with Gasteiger partial charge in [0.15, 0.2) is 5.69 Å². The minimum atomic E-state index is -0.187. The maximum absolute atomic E-state index is 12.5. The van der Waals surface area contributed by atoms with E-state index in [-0.39, 0.29) is 17.4 Å². The molecule has 2 aromatic rings. The average molecular weight is 441 g/mol. The first-order valence-corrected chi connectivity index (χ1v) is 9.48. The smallest absolute Gasteiger partial charge is 0.273 e. The van der Waals surface area contributed by atoms with E-state index >= 15 is 0 Å². The Balaban J connectivity index is 1.97. The number of aromatic nitrogens is 1. The molecule has 2 N–H and O–H groups in total. The maximum atomic E-state index is 12.5. The molecule has 2 rings (SSSR count). The molecular weight excluding hydrogens is 417 g/mol. The van der Waals surface area contributed by atoms with Crippen molar-refractivity contribution in [2.75, 3.05) is 11.9 Å². The number of hydrogen-bond donors (Lipinski definition) is 2. The summed E-state index contributed by atoms with van der Waals surface area (Å²) in [6, 6.07) is 10.0. The summed E-state index contributed by atoms with van der Waals surface area (Å²) in [6.07, 6.45) is 0. The number of halogens is 1. The van der Waals surface area contributed by atoms with E-state index in [0.717, 1.165) is 23.6 Å². The van der Waals surface area contributed by atoms with Gasteiger partial charge in [0.2, 0.25) is 0 Å². The molecule has 5 nitrogen and oxygen atoms in total. The van der Waals surface area contributed by atoms with E-state index < -0.39 is 0 Å². The summed E-state index contributed by atoms with van der Waals surface area (Å²) in [5.74, 6) is 0.561. The Morgan fingerprint density at radius 1 is 1.33 bits per heavy atom. The molecule has 0 saturated carbocycles. The molecule has 0 fully saturated rings. The highest BCUT2D eigenvalue weighted by Crippen LogP contribution is 2.23. The number of alkyl halides is 1. The van der Waals surface area contributed by atoms with Gasteiger partial charge >= 0.3 is 0 Å². The highest BCUT2D eigenvalue weighted by atomic mass is 127. The van der Waals surface area contributed by atoms with E-state index in [4.69, 9.17) is 4.52 Å². The molecule has 1 aromatic heterocycles. The number of carbonyl (C=O) groups excluding carboxylic acids is 1. The van der Waals surface area contributed by atoms with Crippen molar-refractivity contribution < 1.29 is 9.32 Å². The lowest BCUT2D eigenvalue weighted by molar-refractivity contribution is 0.0898. The molecule has 0 radical (unpaired) electrons. The third kappa shape index (κ3) is 4.49. The minimum Gasteiger partial charge on any atom is -0.384 e. The van der Waals surface area contributed by atoms with Gasteiger partial charge in [-0.1, -0.05) is 59.8 Å². The topological polar surface area (TPSA) is 67.2 Å². The number of nitrogens with zero attached hydrogens (tertiary/aromatic N) is 1. The molecule has 0 saturated heterocycles. The molecule has 1 unspecified atom stereocenters. The summed E-state index contributed by atoms with van der Waals surface area (Å²) < 4.78 is 5.91. The first-order chi connectivity index (χ1) is 11.3. The molecule has 0 aliphatic heterocycles. The normalized spacial score (nSPS) is 12.7. The Bertz CT molecular complexity index is 683. The number of rotatable bonds is 7. The van der Waals surface area contributed by atoms with Gasteiger partial charge < -0.3 is 15.2 Å². The van der Waals surface area contributed by atoms with Crippen LogP contribution in [0.3, 0.4) is 0 Å². The molecular formula is C18H24IN3O2. The fourth-order valence-corrected chi connectivity index (χ4v) is 2.92. The van der Waals surface area contributed by atoms with Crippen LogP contribution in [0.2, 0.25) is 0 Å². The van der Waals surface area contributed by atoms with Crippen LogP contribution in [0.1, 0.15) is 42.6 Å². The molecule has 130 valence electrons. The fourth-order valence-electron chi connectivity index (χ4n) is 2.21. The molecule has 1 heterocycles. The number of nitrogens with one attached hydrogen (secondary N) is 2. The van der Waals surface area contributed by atoms with Crippen LogP contribution in [0.4, 0.5) is 5.69 Å². The lowest BCUT2D eigenvalue weighted by Gasteiger charge is -2.32. The Hall–Kier alpha value is -1.57. The average Bonchev–Trinajstić information content (AvgIpc) is 2.94. The standard InChI is InChI=1S/C18H24IN3O2/c1-12-15(10-19)24-22-16(12)17(23)21-13(2)18(3,4)11-20-14-8-6-5-7-9-14/h5-9,13,20H,10-11H2,1-4H3,(H,21,23). The lowest BCUT2D eigenvalue weighted by Crippen LogP contribution is -2.46. The molecule has 0 aliphatic carbocycles. The summed E-state index contributed by atoms with van der Waals surface area (Å²) in [6.45, 7) is 8.88. The van der Waals surface area contributed by atoms with Crippen molar-refractivity contribution in [1.82, 2.24) is 10.5 Å². The van der Waals surface area contributed by atoms with Crippen molar-refractivity contribution in [3.05, 3.63) is 47.3 Å². The fraction of sp³-hybridized carbons (Fsp3) is 0.444. The molecule has 0 bridgehead atoms. The van der Waals surface area contributed by atoms with Crippen molar-refractivity contribution >= 4 is 34.2 Å². The van der Waals surface area contributed by atoms with Gasteiger partial charge in [-0.3, -0.25) is 4.79 Å². The Kier molecular flexibility index (Phi) is 6.26. The van der Waals surface area contributed by atoms with Gasteiger partial charge in [-0.2, -0.15) is 0 Å². The number of anilines is 1. The van der Waals surface area contributed by atoms with Gasteiger partial charge in [0.25, 0.3) is 5.91 Å². The number of benzene rings is 1. The van der Waals surface area contributed by atoms with E-state index in [1.54, 1.807) is 0 Å². The predicted molar refractivity (Wildman–Crippen MR) is 105 cm³/mol. The SMILES string of the molecule is Cc1c(C(=O)NC(C)C(C)(C)CNc2ccccc2)noc1CI. The predicted octanol–water partition coefficient (Wildman–Crippen LogP) is 4.17. The number of para-hydroxylation sites is 1. The maximum Gasteiger partial charge on any atom is 0.273 e. The molecule has 0 aliphatic rings. The Labute approximate surface area is 156 Å². The van der Waals surface area contributed by atoms with Crippen molar-refractivity contribution in [1.29, 1.82) is 0 Å². The second kappa shape index (κ2) is 8.00. The van der Waals surface area contributed by atoms with Gasteiger partial charge in [0.1, 0.15) is 5.76 Å². The van der Waals surface area contributed by atoms with Crippen LogP contribution in [0.25, 0.3) is 0 Å². The zero-order valence-electron chi connectivity index (χ0n) is 14.5. The quantitative estimate of drug-likeness (QED) is 0.500. The number of amides is 1. The highest BCUT2D eigenvalue weighted by Gasteiger charge is 2.29. The second-order valence-corrected chi connectivity index (χ2v) is 7.38. The summed E-state index contributed by atoms with van der Waals surface area (Å²) >= 11 is 2.20. The van der Waals surface area contributed by atoms with Crippen molar-refractivity contribution in [3.63, 3.8) is 0 Å². The molecule has 1 amide bonds. The van der Waals surface area contributed by atoms with Crippen LogP contribution in [-0.4, -0.2) is 23.7 Å². The Morgan fingerprint density at radius 3 is 2.58 bits per heavy atom. The monoisotopic (exact) mass is 441 g/mol. The van der Waals surface area contributed by atoms with Gasteiger partial charge in [0, 0.05) is 29.3 Å². The lowest BCUT2D eigenvalue weighted by atomic mass is 9.85. The van der Waals surface area contributed by atoms with Gasteiger partial charge in [-0.15, -0.1) is 0 Å². The highest BCUT2D eigenvalue weighted by molar-refractivity contribution is 14.1. The van der Waals surface area contributed by atoms with Crippen molar-refractivity contribution in [3.8, 4) is 0 Å². The number of hydrogen-bond acceptors (Lipinski definition) is 4. The van der Waals surface area contributed by atoms with E-state index in [9.17, 15) is 4.79 Å². The van der Waals surface area contributed by atoms with E-state index in [0.29, 0.717) is 10.1 Å². The van der Waals surface area contributed by atoms with Crippen molar-refractivity contribution in [2.24, 2.45) is 5.41 Å². The second-order valence-electron chi connectivity index (χ2n) is 6.62. The van der Waals surface area contributed by atoms with Crippen LogP contribution < -0.4 is 10.6 Å². The summed E-state index contributed by atoms with van der Waals surface area (Å²) in [4.78, 5) is 12.5. The molecule has 24 heavy (non-hydrogen) atoms. The van der Waals surface area contributed by atoms with Crippen LogP contribution in [-0.2, 0) is 4.43 Å². The summed E-state index contributed by atoms with van der Waals surface area (Å²) in [7, 11) is 0. The van der Waals surface area contributed by atoms with Crippen molar-refractivity contribution in [2.45, 2.75) is 38.2 Å². The van der Waals surface area contributed by atoms with Crippen LogP contribution >= 0.6 is 22.6 Å². The largest absolute Gasteiger partial charge is 0.384 e. The summed E-state index contributed by atoms with van der Waals surface area (Å²) in [5, 5.41) is 10.4. The molecule has 6 heteroatoms. The van der Waals surface area contributed by atoms with Crippen LogP contribution in [0.15, 0.2) is 34.9 Å². The van der Waals surface area contributed by atoms with Gasteiger partial charge in [0.05, 0.1) is 4.43 Å². The Morgan fingerprint density at radius 2 is 2.00 bits per heavy atom. The first-order valence-electron chi connectivity index (χ1n) is 7.96. The van der Waals surface area contributed by atoms with E-state index in [1.807, 2.05) is 44.2 Å². The molecule has 0 spiro atoms. The first kappa shape index (κ1) is 18.8.